The van der Waals surface area contributed by atoms with Gasteiger partial charge >= 0.3 is 0 Å². The van der Waals surface area contributed by atoms with Crippen LogP contribution in [0.15, 0.2) is 36.4 Å². The Morgan fingerprint density at radius 2 is 1.79 bits per heavy atom. The van der Waals surface area contributed by atoms with Gasteiger partial charge in [-0.1, -0.05) is 32.0 Å². The second-order valence-corrected chi connectivity index (χ2v) is 5.05. The molecular weight excluding hydrogens is 239 g/mol. The van der Waals surface area contributed by atoms with Crippen LogP contribution in [-0.4, -0.2) is 7.11 Å². The van der Waals surface area contributed by atoms with Gasteiger partial charge in [0.05, 0.1) is 7.11 Å². The Morgan fingerprint density at radius 1 is 1.11 bits per heavy atom. The van der Waals surface area contributed by atoms with E-state index in [-0.39, 0.29) is 11.7 Å². The molecule has 2 aromatic rings. The second kappa shape index (κ2) is 5.43. The smallest absolute Gasteiger partial charge is 0.129 e. The maximum absolute atomic E-state index is 14.1. The summed E-state index contributed by atoms with van der Waals surface area (Å²) in [5.74, 6) is 0.866. The Morgan fingerprint density at radius 3 is 2.42 bits per heavy atom. The van der Waals surface area contributed by atoms with Crippen LogP contribution >= 0.6 is 0 Å². The number of hydrogen-bond donors (Lipinski definition) is 0. The lowest BCUT2D eigenvalue weighted by atomic mass is 9.94. The molecule has 0 unspecified atom stereocenters. The first-order valence-electron chi connectivity index (χ1n) is 6.48. The Hall–Kier alpha value is -1.83. The van der Waals surface area contributed by atoms with Gasteiger partial charge in [-0.05, 0) is 47.7 Å². The molecule has 2 aromatic carbocycles. The summed E-state index contributed by atoms with van der Waals surface area (Å²) in [6.07, 6.45) is 0. The average molecular weight is 258 g/mol. The van der Waals surface area contributed by atoms with E-state index in [1.807, 2.05) is 50.2 Å². The van der Waals surface area contributed by atoms with Crippen LogP contribution in [0.1, 0.15) is 30.9 Å². The molecular formula is C17H19FO. The molecule has 0 aliphatic heterocycles. The van der Waals surface area contributed by atoms with E-state index in [0.717, 1.165) is 22.4 Å². The normalized spacial score (nSPS) is 10.8. The summed E-state index contributed by atoms with van der Waals surface area (Å²) in [5, 5.41) is 0. The summed E-state index contributed by atoms with van der Waals surface area (Å²) in [4.78, 5) is 0. The maximum Gasteiger partial charge on any atom is 0.129 e. The van der Waals surface area contributed by atoms with E-state index in [9.17, 15) is 4.39 Å². The van der Waals surface area contributed by atoms with Gasteiger partial charge in [-0.15, -0.1) is 0 Å². The number of methoxy groups -OCH3 is 1. The highest BCUT2D eigenvalue weighted by molar-refractivity contribution is 5.71. The van der Waals surface area contributed by atoms with E-state index in [1.165, 1.54) is 0 Å². The first-order chi connectivity index (χ1) is 9.04. The minimum atomic E-state index is -0.103. The van der Waals surface area contributed by atoms with Crippen LogP contribution in [-0.2, 0) is 0 Å². The van der Waals surface area contributed by atoms with E-state index in [0.29, 0.717) is 5.56 Å². The second-order valence-electron chi connectivity index (χ2n) is 5.05. The minimum absolute atomic E-state index is 0.103. The molecule has 0 atom stereocenters. The number of halogens is 1. The minimum Gasteiger partial charge on any atom is -0.496 e. The van der Waals surface area contributed by atoms with Crippen molar-refractivity contribution in [1.82, 2.24) is 0 Å². The monoisotopic (exact) mass is 258 g/mol. The van der Waals surface area contributed by atoms with Gasteiger partial charge in [-0.2, -0.15) is 0 Å². The number of hydrogen-bond acceptors (Lipinski definition) is 1. The standard InChI is InChI=1S/C17H19FO/c1-11(2)15-10-13(9-12(3)17(15)18)14-7-5-6-8-16(14)19-4/h5-11H,1-4H3. The van der Waals surface area contributed by atoms with E-state index >= 15 is 0 Å². The van der Waals surface area contributed by atoms with Crippen LogP contribution in [0.4, 0.5) is 4.39 Å². The van der Waals surface area contributed by atoms with E-state index < -0.39 is 0 Å². The van der Waals surface area contributed by atoms with Crippen molar-refractivity contribution in [2.75, 3.05) is 7.11 Å². The zero-order valence-corrected chi connectivity index (χ0v) is 11.8. The van der Waals surface area contributed by atoms with Crippen molar-refractivity contribution in [3.63, 3.8) is 0 Å². The van der Waals surface area contributed by atoms with E-state index in [2.05, 4.69) is 0 Å². The summed E-state index contributed by atoms with van der Waals surface area (Å²) in [7, 11) is 1.65. The lowest BCUT2D eigenvalue weighted by molar-refractivity contribution is 0.416. The quantitative estimate of drug-likeness (QED) is 0.758. The SMILES string of the molecule is COc1ccccc1-c1cc(C)c(F)c(C(C)C)c1. The molecule has 0 bridgehead atoms. The molecule has 100 valence electrons. The zero-order chi connectivity index (χ0) is 14.0. The molecule has 19 heavy (non-hydrogen) atoms. The number of para-hydroxylation sites is 1. The molecule has 0 aliphatic carbocycles. The summed E-state index contributed by atoms with van der Waals surface area (Å²) in [6, 6.07) is 11.6. The van der Waals surface area contributed by atoms with Crippen LogP contribution in [0.5, 0.6) is 5.75 Å². The van der Waals surface area contributed by atoms with Crippen LogP contribution in [0.3, 0.4) is 0 Å². The molecule has 0 saturated carbocycles. The molecule has 0 N–H and O–H groups in total. The highest BCUT2D eigenvalue weighted by Crippen LogP contribution is 2.33. The maximum atomic E-state index is 14.1. The first kappa shape index (κ1) is 13.6. The van der Waals surface area contributed by atoms with Crippen molar-refractivity contribution in [2.24, 2.45) is 0 Å². The molecule has 0 fully saturated rings. The third kappa shape index (κ3) is 2.62. The van der Waals surface area contributed by atoms with E-state index in [4.69, 9.17) is 4.74 Å². The van der Waals surface area contributed by atoms with Crippen molar-refractivity contribution >= 4 is 0 Å². The van der Waals surface area contributed by atoms with Crippen LogP contribution in [0, 0.1) is 12.7 Å². The zero-order valence-electron chi connectivity index (χ0n) is 11.8. The summed E-state index contributed by atoms with van der Waals surface area (Å²) in [6.45, 7) is 5.81. The molecule has 0 heterocycles. The van der Waals surface area contributed by atoms with Crippen LogP contribution in [0.2, 0.25) is 0 Å². The Labute approximate surface area is 114 Å². The van der Waals surface area contributed by atoms with Crippen LogP contribution < -0.4 is 4.74 Å². The van der Waals surface area contributed by atoms with Crippen molar-refractivity contribution < 1.29 is 9.13 Å². The molecule has 0 radical (unpaired) electrons. The Bertz CT molecular complexity index is 588. The molecule has 0 amide bonds. The molecule has 0 saturated heterocycles. The molecule has 2 heteroatoms. The average Bonchev–Trinajstić information content (AvgIpc) is 2.41. The van der Waals surface area contributed by atoms with Gasteiger partial charge in [0, 0.05) is 5.56 Å². The van der Waals surface area contributed by atoms with Gasteiger partial charge in [0.25, 0.3) is 0 Å². The molecule has 0 aliphatic rings. The van der Waals surface area contributed by atoms with Crippen molar-refractivity contribution in [3.8, 4) is 16.9 Å². The van der Waals surface area contributed by atoms with E-state index in [1.54, 1.807) is 14.0 Å². The van der Waals surface area contributed by atoms with Crippen molar-refractivity contribution in [2.45, 2.75) is 26.7 Å². The number of ether oxygens (including phenoxy) is 1. The summed E-state index contributed by atoms with van der Waals surface area (Å²) in [5.41, 5.74) is 3.42. The first-order valence-corrected chi connectivity index (χ1v) is 6.48. The third-order valence-electron chi connectivity index (χ3n) is 3.32. The fourth-order valence-corrected chi connectivity index (χ4v) is 2.26. The number of aryl methyl sites for hydroxylation is 1. The highest BCUT2D eigenvalue weighted by Gasteiger charge is 2.13. The lowest BCUT2D eigenvalue weighted by Crippen LogP contribution is -1.98. The number of benzene rings is 2. The van der Waals surface area contributed by atoms with Gasteiger partial charge in [-0.25, -0.2) is 4.39 Å². The van der Waals surface area contributed by atoms with Gasteiger partial charge in [0.1, 0.15) is 11.6 Å². The lowest BCUT2D eigenvalue weighted by Gasteiger charge is -2.14. The predicted molar refractivity (Wildman–Crippen MR) is 77.2 cm³/mol. The molecule has 2 rings (SSSR count). The van der Waals surface area contributed by atoms with Gasteiger partial charge in [0.2, 0.25) is 0 Å². The van der Waals surface area contributed by atoms with Gasteiger partial charge < -0.3 is 4.74 Å². The van der Waals surface area contributed by atoms with Crippen molar-refractivity contribution in [3.05, 3.63) is 53.3 Å². The largest absolute Gasteiger partial charge is 0.496 e. The fourth-order valence-electron chi connectivity index (χ4n) is 2.26. The molecule has 0 spiro atoms. The Balaban J connectivity index is 2.63. The number of rotatable bonds is 3. The van der Waals surface area contributed by atoms with Gasteiger partial charge in [0.15, 0.2) is 0 Å². The molecule has 1 nitrogen and oxygen atoms in total. The van der Waals surface area contributed by atoms with Gasteiger partial charge in [-0.3, -0.25) is 0 Å². The fraction of sp³-hybridized carbons (Fsp3) is 0.294. The summed E-state index contributed by atoms with van der Waals surface area (Å²) >= 11 is 0. The summed E-state index contributed by atoms with van der Waals surface area (Å²) < 4.78 is 19.5. The molecule has 0 aromatic heterocycles. The highest BCUT2D eigenvalue weighted by atomic mass is 19.1. The Kier molecular flexibility index (Phi) is 3.89. The topological polar surface area (TPSA) is 9.23 Å². The third-order valence-corrected chi connectivity index (χ3v) is 3.32. The predicted octanol–water partition coefficient (Wildman–Crippen LogP) is 4.93. The van der Waals surface area contributed by atoms with Crippen molar-refractivity contribution in [1.29, 1.82) is 0 Å². The van der Waals surface area contributed by atoms with Crippen LogP contribution in [0.25, 0.3) is 11.1 Å².